The third-order valence-corrected chi connectivity index (χ3v) is 3.10. The maximum atomic E-state index is 12.6. The van der Waals surface area contributed by atoms with Gasteiger partial charge in [0.1, 0.15) is 0 Å². The third kappa shape index (κ3) is 4.56. The lowest BCUT2D eigenvalue weighted by Crippen LogP contribution is -2.20. The zero-order chi connectivity index (χ0) is 17.7. The summed E-state index contributed by atoms with van der Waals surface area (Å²) in [5, 5.41) is 4.77. The maximum absolute atomic E-state index is 12.6. The van der Waals surface area contributed by atoms with Gasteiger partial charge in [-0.1, -0.05) is 6.07 Å². The second kappa shape index (κ2) is 7.14. The number of ketones is 1. The minimum Gasteiger partial charge on any atom is -0.324 e. The van der Waals surface area contributed by atoms with Gasteiger partial charge in [0.2, 0.25) is 0 Å². The van der Waals surface area contributed by atoms with Crippen molar-refractivity contribution in [1.82, 2.24) is 0 Å². The molecule has 8 heteroatoms. The average molecular weight is 337 g/mol. The average Bonchev–Trinajstić information content (AvgIpc) is 2.54. The highest BCUT2D eigenvalue weighted by Gasteiger charge is 2.30. The molecule has 2 amide bonds. The Kier molecular flexibility index (Phi) is 5.20. The second-order valence-electron chi connectivity index (χ2n) is 4.86. The molecule has 24 heavy (non-hydrogen) atoms. The number of nitrogens with one attached hydrogen (secondary N) is 2. The summed E-state index contributed by atoms with van der Waals surface area (Å²) in [6.07, 6.45) is -4.49. The lowest BCUT2D eigenvalue weighted by Gasteiger charge is -2.11. The number of amides is 2. The minimum atomic E-state index is -4.49. The number of halogens is 3. The summed E-state index contributed by atoms with van der Waals surface area (Å²) in [4.78, 5) is 23.2. The predicted molar refractivity (Wildman–Crippen MR) is 83.9 cm³/mol. The molecule has 0 unspecified atom stereocenters. The normalized spacial score (nSPS) is 11.0. The van der Waals surface area contributed by atoms with Crippen molar-refractivity contribution in [3.05, 3.63) is 59.7 Å². The number of carbonyl (C=O) groups is 2. The molecule has 0 aromatic heterocycles. The molecule has 0 bridgehead atoms. The molecule has 4 N–H and O–H groups in total. The van der Waals surface area contributed by atoms with Crippen LogP contribution in [-0.4, -0.2) is 18.4 Å². The van der Waals surface area contributed by atoms with Gasteiger partial charge in [-0.25, -0.2) is 4.79 Å². The lowest BCUT2D eigenvalue weighted by atomic mass is 10.1. The van der Waals surface area contributed by atoms with Crippen molar-refractivity contribution in [2.24, 2.45) is 5.73 Å². The van der Waals surface area contributed by atoms with Crippen LogP contribution in [0.15, 0.2) is 48.5 Å². The molecule has 0 radical (unpaired) electrons. The van der Waals surface area contributed by atoms with E-state index in [1.165, 1.54) is 36.4 Å². The molecular formula is C16H14F3N3O2. The van der Waals surface area contributed by atoms with Gasteiger partial charge in [-0.3, -0.25) is 4.79 Å². The Morgan fingerprint density at radius 2 is 1.58 bits per heavy atom. The molecule has 5 nitrogen and oxygen atoms in total. The Balaban J connectivity index is 2.02. The third-order valence-electron chi connectivity index (χ3n) is 3.10. The Hall–Kier alpha value is -2.87. The summed E-state index contributed by atoms with van der Waals surface area (Å²) in [6.45, 7) is -0.122. The summed E-state index contributed by atoms with van der Waals surface area (Å²) < 4.78 is 37.9. The fourth-order valence-corrected chi connectivity index (χ4v) is 1.92. The summed E-state index contributed by atoms with van der Waals surface area (Å²) >= 11 is 0. The summed E-state index contributed by atoms with van der Waals surface area (Å²) in [5.74, 6) is -0.241. The highest BCUT2D eigenvalue weighted by atomic mass is 19.4. The van der Waals surface area contributed by atoms with Crippen LogP contribution in [0.25, 0.3) is 0 Å². The molecule has 0 spiro atoms. The van der Waals surface area contributed by atoms with E-state index in [0.29, 0.717) is 11.3 Å². The quantitative estimate of drug-likeness (QED) is 0.747. The van der Waals surface area contributed by atoms with Crippen molar-refractivity contribution < 1.29 is 22.8 Å². The van der Waals surface area contributed by atoms with Crippen LogP contribution in [0.2, 0.25) is 0 Å². The molecule has 126 valence electrons. The SMILES string of the molecule is NCC(=O)c1ccc(NC(=O)Nc2cccc(C(F)(F)F)c2)cc1. The topological polar surface area (TPSA) is 84.2 Å². The smallest absolute Gasteiger partial charge is 0.324 e. The largest absolute Gasteiger partial charge is 0.416 e. The monoisotopic (exact) mass is 337 g/mol. The molecule has 0 aliphatic heterocycles. The van der Waals surface area contributed by atoms with Gasteiger partial charge in [-0.2, -0.15) is 13.2 Å². The van der Waals surface area contributed by atoms with Crippen LogP contribution in [0.1, 0.15) is 15.9 Å². The van der Waals surface area contributed by atoms with E-state index < -0.39 is 17.8 Å². The number of hydrogen-bond donors (Lipinski definition) is 3. The molecule has 0 saturated carbocycles. The van der Waals surface area contributed by atoms with E-state index in [2.05, 4.69) is 10.6 Å². The Bertz CT molecular complexity index is 743. The molecule has 0 atom stereocenters. The minimum absolute atomic E-state index is 0.0113. The Morgan fingerprint density at radius 1 is 0.958 bits per heavy atom. The summed E-state index contributed by atoms with van der Waals surface area (Å²) in [5.41, 5.74) is 5.18. The van der Waals surface area contributed by atoms with Gasteiger partial charge in [0.05, 0.1) is 12.1 Å². The lowest BCUT2D eigenvalue weighted by molar-refractivity contribution is -0.137. The van der Waals surface area contributed by atoms with Crippen molar-refractivity contribution in [1.29, 1.82) is 0 Å². The number of alkyl halides is 3. The van der Waals surface area contributed by atoms with E-state index >= 15 is 0 Å². The van der Waals surface area contributed by atoms with Crippen molar-refractivity contribution in [3.8, 4) is 0 Å². The van der Waals surface area contributed by atoms with Gasteiger partial charge >= 0.3 is 12.2 Å². The van der Waals surface area contributed by atoms with Crippen molar-refractivity contribution in [2.75, 3.05) is 17.2 Å². The van der Waals surface area contributed by atoms with E-state index in [0.717, 1.165) is 12.1 Å². The fourth-order valence-electron chi connectivity index (χ4n) is 1.92. The number of carbonyl (C=O) groups excluding carboxylic acids is 2. The molecule has 0 saturated heterocycles. The first-order chi connectivity index (χ1) is 11.3. The first kappa shape index (κ1) is 17.5. The van der Waals surface area contributed by atoms with Crippen molar-refractivity contribution >= 4 is 23.2 Å². The van der Waals surface area contributed by atoms with Gasteiger partial charge in [0.25, 0.3) is 0 Å². The van der Waals surface area contributed by atoms with Gasteiger partial charge < -0.3 is 16.4 Å². The number of urea groups is 1. The molecular weight excluding hydrogens is 323 g/mol. The van der Waals surface area contributed by atoms with Gasteiger partial charge in [-0.05, 0) is 42.5 Å². The van der Waals surface area contributed by atoms with E-state index in [1.807, 2.05) is 0 Å². The van der Waals surface area contributed by atoms with Crippen LogP contribution >= 0.6 is 0 Å². The first-order valence-corrected chi connectivity index (χ1v) is 6.88. The van der Waals surface area contributed by atoms with Gasteiger partial charge in [-0.15, -0.1) is 0 Å². The Labute approximate surface area is 135 Å². The fraction of sp³-hybridized carbons (Fsp3) is 0.125. The van der Waals surface area contributed by atoms with Crippen LogP contribution in [0.4, 0.5) is 29.3 Å². The summed E-state index contributed by atoms with van der Waals surface area (Å²) in [6, 6.07) is 9.57. The molecule has 0 heterocycles. The Morgan fingerprint density at radius 3 is 2.17 bits per heavy atom. The molecule has 0 aliphatic rings. The molecule has 2 aromatic rings. The van der Waals surface area contributed by atoms with Crippen LogP contribution in [0, 0.1) is 0 Å². The highest BCUT2D eigenvalue weighted by molar-refractivity contribution is 6.01. The second-order valence-corrected chi connectivity index (χ2v) is 4.86. The summed E-state index contributed by atoms with van der Waals surface area (Å²) in [7, 11) is 0. The van der Waals surface area contributed by atoms with Crippen LogP contribution in [0.3, 0.4) is 0 Å². The first-order valence-electron chi connectivity index (χ1n) is 6.88. The van der Waals surface area contributed by atoms with Crippen LogP contribution < -0.4 is 16.4 Å². The van der Waals surface area contributed by atoms with E-state index in [1.54, 1.807) is 0 Å². The molecule has 2 aromatic carbocycles. The van der Waals surface area contributed by atoms with Crippen LogP contribution in [0.5, 0.6) is 0 Å². The van der Waals surface area contributed by atoms with Crippen LogP contribution in [-0.2, 0) is 6.18 Å². The molecule has 0 fully saturated rings. The number of anilines is 2. The zero-order valence-corrected chi connectivity index (χ0v) is 12.4. The van der Waals surface area contributed by atoms with E-state index in [9.17, 15) is 22.8 Å². The van der Waals surface area contributed by atoms with Gasteiger partial charge in [0, 0.05) is 16.9 Å². The molecule has 2 rings (SSSR count). The predicted octanol–water partition coefficient (Wildman–Crippen LogP) is 3.49. The zero-order valence-electron chi connectivity index (χ0n) is 12.4. The number of Topliss-reactive ketones (excluding diaryl/α,β-unsaturated/α-hetero) is 1. The van der Waals surface area contributed by atoms with E-state index in [-0.39, 0.29) is 18.0 Å². The van der Waals surface area contributed by atoms with Gasteiger partial charge in [0.15, 0.2) is 5.78 Å². The van der Waals surface area contributed by atoms with Crippen molar-refractivity contribution in [2.45, 2.75) is 6.18 Å². The van der Waals surface area contributed by atoms with Crippen molar-refractivity contribution in [3.63, 3.8) is 0 Å². The van der Waals surface area contributed by atoms with E-state index in [4.69, 9.17) is 5.73 Å². The maximum Gasteiger partial charge on any atom is 0.416 e. The number of benzene rings is 2. The standard InChI is InChI=1S/C16H14F3N3O2/c17-16(18,19)11-2-1-3-13(8-11)22-15(24)21-12-6-4-10(5-7-12)14(23)9-20/h1-8H,9,20H2,(H2,21,22,24). The number of nitrogens with two attached hydrogens (primary N) is 1. The number of rotatable bonds is 4. The number of hydrogen-bond acceptors (Lipinski definition) is 3. The molecule has 0 aliphatic carbocycles. The highest BCUT2D eigenvalue weighted by Crippen LogP contribution is 2.30.